The summed E-state index contributed by atoms with van der Waals surface area (Å²) in [6.45, 7) is 8.30. The lowest BCUT2D eigenvalue weighted by molar-refractivity contribution is -0.0634. The maximum absolute atomic E-state index is 11.6. The average Bonchev–Trinajstić information content (AvgIpc) is 3.08. The molecule has 5 nitrogen and oxygen atoms in total. The molecule has 1 aromatic heterocycles. The van der Waals surface area contributed by atoms with Crippen molar-refractivity contribution >= 4 is 11.6 Å². The highest BCUT2D eigenvalue weighted by Crippen LogP contribution is 2.33. The smallest absolute Gasteiger partial charge is 0.137 e. The Hall–Kier alpha value is -1.69. The molecule has 1 aliphatic rings. The van der Waals surface area contributed by atoms with E-state index in [9.17, 15) is 5.11 Å². The van der Waals surface area contributed by atoms with Gasteiger partial charge in [0.1, 0.15) is 18.3 Å². The van der Waals surface area contributed by atoms with Crippen LogP contribution in [0.15, 0.2) is 49.1 Å². The van der Waals surface area contributed by atoms with E-state index in [-0.39, 0.29) is 6.04 Å². The Morgan fingerprint density at radius 1 is 1.29 bits per heavy atom. The maximum atomic E-state index is 11.6. The molecule has 6 heteroatoms. The molecule has 1 saturated heterocycles. The molecule has 0 spiro atoms. The van der Waals surface area contributed by atoms with Gasteiger partial charge in [-0.1, -0.05) is 35.9 Å². The van der Waals surface area contributed by atoms with Gasteiger partial charge in [0.15, 0.2) is 0 Å². The molecule has 24 heavy (non-hydrogen) atoms. The molecule has 128 valence electrons. The Kier molecular flexibility index (Phi) is 5.04. The summed E-state index contributed by atoms with van der Waals surface area (Å²) in [5.74, 6) is 0. The molecular weight excluding hydrogens is 324 g/mol. The van der Waals surface area contributed by atoms with E-state index in [1.54, 1.807) is 11.0 Å². The van der Waals surface area contributed by atoms with Crippen molar-refractivity contribution in [1.82, 2.24) is 19.7 Å². The second-order valence-corrected chi connectivity index (χ2v) is 6.92. The van der Waals surface area contributed by atoms with E-state index < -0.39 is 5.60 Å². The van der Waals surface area contributed by atoms with Crippen LogP contribution in [-0.2, 0) is 12.1 Å². The largest absolute Gasteiger partial charge is 0.382 e. The van der Waals surface area contributed by atoms with E-state index in [2.05, 4.69) is 28.5 Å². The van der Waals surface area contributed by atoms with Crippen LogP contribution in [-0.4, -0.2) is 43.9 Å². The van der Waals surface area contributed by atoms with Crippen LogP contribution in [0.1, 0.15) is 25.3 Å². The second-order valence-electron chi connectivity index (χ2n) is 6.49. The standard InChI is InChI=1S/C18H23ClN4O/c1-14-7-9-22(10-8-14)15(2)18(24,11-23-13-20-12-21-23)16-3-5-17(19)6-4-16/h3-6,12-13,15,24H,1,7-11H2,2H3/t15-,18-/m0/s1. The normalized spacial score (nSPS) is 19.9. The van der Waals surface area contributed by atoms with Crippen LogP contribution in [0.3, 0.4) is 0 Å². The summed E-state index contributed by atoms with van der Waals surface area (Å²) >= 11 is 6.02. The summed E-state index contributed by atoms with van der Waals surface area (Å²) in [5, 5.41) is 16.5. The fourth-order valence-electron chi connectivity index (χ4n) is 3.29. The van der Waals surface area contributed by atoms with Gasteiger partial charge in [0.2, 0.25) is 0 Å². The van der Waals surface area contributed by atoms with Gasteiger partial charge >= 0.3 is 0 Å². The lowest BCUT2D eigenvalue weighted by Crippen LogP contribution is -2.53. The summed E-state index contributed by atoms with van der Waals surface area (Å²) < 4.78 is 1.67. The zero-order valence-corrected chi connectivity index (χ0v) is 14.7. The van der Waals surface area contributed by atoms with Crippen molar-refractivity contribution in [3.63, 3.8) is 0 Å². The third-order valence-electron chi connectivity index (χ3n) is 4.96. The van der Waals surface area contributed by atoms with Crippen LogP contribution >= 0.6 is 11.6 Å². The number of rotatable bonds is 5. The lowest BCUT2D eigenvalue weighted by atomic mass is 9.85. The number of hydrogen-bond acceptors (Lipinski definition) is 4. The van der Waals surface area contributed by atoms with Gasteiger partial charge in [0.25, 0.3) is 0 Å². The number of piperidine rings is 1. The molecule has 0 saturated carbocycles. The van der Waals surface area contributed by atoms with Gasteiger partial charge < -0.3 is 5.11 Å². The highest BCUT2D eigenvalue weighted by Gasteiger charge is 2.40. The lowest BCUT2D eigenvalue weighted by Gasteiger charge is -2.43. The van der Waals surface area contributed by atoms with Gasteiger partial charge in [0, 0.05) is 24.2 Å². The van der Waals surface area contributed by atoms with E-state index >= 15 is 0 Å². The first-order chi connectivity index (χ1) is 11.5. The molecule has 0 bridgehead atoms. The highest BCUT2D eigenvalue weighted by molar-refractivity contribution is 6.30. The van der Waals surface area contributed by atoms with E-state index in [4.69, 9.17) is 11.6 Å². The highest BCUT2D eigenvalue weighted by atomic mass is 35.5. The molecule has 1 fully saturated rings. The number of aromatic nitrogens is 3. The van der Waals surface area contributed by atoms with Gasteiger partial charge in [-0.2, -0.15) is 5.10 Å². The van der Waals surface area contributed by atoms with Crippen molar-refractivity contribution in [2.75, 3.05) is 13.1 Å². The van der Waals surface area contributed by atoms with Crippen LogP contribution in [0.2, 0.25) is 5.02 Å². The molecule has 0 amide bonds. The van der Waals surface area contributed by atoms with Crippen LogP contribution in [0.25, 0.3) is 0 Å². The molecule has 0 unspecified atom stereocenters. The van der Waals surface area contributed by atoms with Crippen molar-refractivity contribution in [3.05, 3.63) is 59.7 Å². The number of nitrogens with zero attached hydrogens (tertiary/aromatic N) is 4. The Labute approximate surface area is 147 Å². The zero-order chi connectivity index (χ0) is 17.2. The van der Waals surface area contributed by atoms with Crippen LogP contribution in [0.5, 0.6) is 0 Å². The third-order valence-corrected chi connectivity index (χ3v) is 5.21. The SMILES string of the molecule is C=C1CCN([C@@H](C)[C@@](O)(Cn2cncn2)c2ccc(Cl)cc2)CC1. The summed E-state index contributed by atoms with van der Waals surface area (Å²) in [5.41, 5.74) is 1.03. The molecule has 0 aliphatic carbocycles. The predicted octanol–water partition coefficient (Wildman–Crippen LogP) is 2.86. The number of aliphatic hydroxyl groups is 1. The van der Waals surface area contributed by atoms with E-state index in [1.807, 2.05) is 24.3 Å². The van der Waals surface area contributed by atoms with Crippen LogP contribution < -0.4 is 0 Å². The fraction of sp³-hybridized carbons (Fsp3) is 0.444. The summed E-state index contributed by atoms with van der Waals surface area (Å²) in [6, 6.07) is 7.33. The topological polar surface area (TPSA) is 54.2 Å². The fourth-order valence-corrected chi connectivity index (χ4v) is 3.42. The Morgan fingerprint density at radius 2 is 1.96 bits per heavy atom. The predicted molar refractivity (Wildman–Crippen MR) is 94.8 cm³/mol. The van der Waals surface area contributed by atoms with Gasteiger partial charge in [-0.05, 0) is 37.5 Å². The van der Waals surface area contributed by atoms with Gasteiger partial charge in [-0.3, -0.25) is 4.90 Å². The third kappa shape index (κ3) is 3.53. The van der Waals surface area contributed by atoms with Crippen LogP contribution in [0, 0.1) is 0 Å². The van der Waals surface area contributed by atoms with E-state index in [0.717, 1.165) is 31.5 Å². The minimum Gasteiger partial charge on any atom is -0.382 e. The number of likely N-dealkylation sites (tertiary alicyclic amines) is 1. The van der Waals surface area contributed by atoms with Gasteiger partial charge in [-0.25, -0.2) is 9.67 Å². The monoisotopic (exact) mass is 346 g/mol. The molecule has 2 atom stereocenters. The molecule has 1 aromatic carbocycles. The number of benzene rings is 1. The van der Waals surface area contributed by atoms with Gasteiger partial charge in [-0.15, -0.1) is 0 Å². The molecule has 1 aliphatic heterocycles. The van der Waals surface area contributed by atoms with Gasteiger partial charge in [0.05, 0.1) is 6.54 Å². The Balaban J connectivity index is 1.91. The number of halogens is 1. The molecule has 1 N–H and O–H groups in total. The maximum Gasteiger partial charge on any atom is 0.137 e. The first kappa shape index (κ1) is 17.1. The minimum absolute atomic E-state index is 0.0732. The van der Waals surface area contributed by atoms with Crippen molar-refractivity contribution in [1.29, 1.82) is 0 Å². The Bertz CT molecular complexity index is 676. The van der Waals surface area contributed by atoms with Crippen molar-refractivity contribution in [3.8, 4) is 0 Å². The molecule has 0 radical (unpaired) electrons. The second kappa shape index (κ2) is 7.05. The molecular formula is C18H23ClN4O. The summed E-state index contributed by atoms with van der Waals surface area (Å²) in [6.07, 6.45) is 5.07. The summed E-state index contributed by atoms with van der Waals surface area (Å²) in [4.78, 5) is 6.31. The molecule has 3 rings (SSSR count). The number of hydrogen-bond donors (Lipinski definition) is 1. The van der Waals surface area contributed by atoms with Crippen molar-refractivity contribution in [2.45, 2.75) is 38.0 Å². The van der Waals surface area contributed by atoms with E-state index in [0.29, 0.717) is 11.6 Å². The van der Waals surface area contributed by atoms with Crippen molar-refractivity contribution < 1.29 is 5.11 Å². The zero-order valence-electron chi connectivity index (χ0n) is 13.9. The molecule has 2 heterocycles. The summed E-state index contributed by atoms with van der Waals surface area (Å²) in [7, 11) is 0. The minimum atomic E-state index is -1.09. The Morgan fingerprint density at radius 3 is 2.54 bits per heavy atom. The first-order valence-electron chi connectivity index (χ1n) is 8.20. The average molecular weight is 347 g/mol. The molecule has 2 aromatic rings. The quantitative estimate of drug-likeness (QED) is 0.846. The first-order valence-corrected chi connectivity index (χ1v) is 8.58. The van der Waals surface area contributed by atoms with Crippen molar-refractivity contribution in [2.24, 2.45) is 0 Å². The van der Waals surface area contributed by atoms with E-state index in [1.165, 1.54) is 11.9 Å². The van der Waals surface area contributed by atoms with Crippen LogP contribution in [0.4, 0.5) is 0 Å².